The number of hydrogen-bond donors (Lipinski definition) is 2. The number of benzene rings is 2. The largest absolute Gasteiger partial charge is 0.507 e. The molecule has 0 atom stereocenters. The van der Waals surface area contributed by atoms with E-state index in [1.807, 2.05) is 0 Å². The van der Waals surface area contributed by atoms with Gasteiger partial charge in [-0.3, -0.25) is 0 Å². The number of aromatic hydroxyl groups is 1. The molecule has 2 aromatic rings. The fraction of sp³-hybridized carbons (Fsp3) is 0.0714. The highest BCUT2D eigenvalue weighted by atomic mass is 79.9. The Hall–Kier alpha value is -2.08. The lowest BCUT2D eigenvalue weighted by Gasteiger charge is -2.10. The Bertz CT molecular complexity index is 640. The van der Waals surface area contributed by atoms with E-state index in [0.717, 1.165) is 5.56 Å². The van der Waals surface area contributed by atoms with Crippen LogP contribution in [0.15, 0.2) is 40.9 Å². The van der Waals surface area contributed by atoms with Crippen molar-refractivity contribution in [3.8, 4) is 11.5 Å². The van der Waals surface area contributed by atoms with Crippen LogP contribution < -0.4 is 4.74 Å². The van der Waals surface area contributed by atoms with E-state index >= 15 is 0 Å². The van der Waals surface area contributed by atoms with E-state index in [1.54, 1.807) is 12.1 Å². The lowest BCUT2D eigenvalue weighted by Crippen LogP contribution is -2.00. The fourth-order valence-corrected chi connectivity index (χ4v) is 2.02. The molecule has 0 aliphatic heterocycles. The van der Waals surface area contributed by atoms with Crippen molar-refractivity contribution in [3.05, 3.63) is 57.8 Å². The monoisotopic (exact) mass is 340 g/mol. The van der Waals surface area contributed by atoms with Gasteiger partial charge in [0.2, 0.25) is 0 Å². The Morgan fingerprint density at radius 1 is 1.25 bits per heavy atom. The third-order valence-corrected chi connectivity index (χ3v) is 3.21. The van der Waals surface area contributed by atoms with E-state index in [1.165, 1.54) is 24.3 Å². The Balaban J connectivity index is 2.16. The highest BCUT2D eigenvalue weighted by Crippen LogP contribution is 2.32. The zero-order valence-corrected chi connectivity index (χ0v) is 11.7. The molecule has 6 heteroatoms. The number of phenols is 1. The smallest absolute Gasteiger partial charge is 0.339 e. The van der Waals surface area contributed by atoms with Crippen LogP contribution in [0.1, 0.15) is 15.9 Å². The predicted octanol–water partition coefficient (Wildman–Crippen LogP) is 3.57. The average molecular weight is 341 g/mol. The van der Waals surface area contributed by atoms with E-state index < -0.39 is 5.97 Å². The molecule has 0 bridgehead atoms. The molecule has 0 unspecified atom stereocenters. The molecular weight excluding hydrogens is 331 g/mol. The van der Waals surface area contributed by atoms with Crippen molar-refractivity contribution in [2.24, 2.45) is 0 Å². The summed E-state index contributed by atoms with van der Waals surface area (Å²) in [6.45, 7) is 0.171. The van der Waals surface area contributed by atoms with Gasteiger partial charge in [-0.25, -0.2) is 9.18 Å². The molecule has 104 valence electrons. The van der Waals surface area contributed by atoms with E-state index in [2.05, 4.69) is 15.9 Å². The molecule has 20 heavy (non-hydrogen) atoms. The maximum absolute atomic E-state index is 12.8. The summed E-state index contributed by atoms with van der Waals surface area (Å²) in [5, 5.41) is 18.4. The van der Waals surface area contributed by atoms with Gasteiger partial charge in [-0.15, -0.1) is 0 Å². The van der Waals surface area contributed by atoms with Gasteiger partial charge in [0.25, 0.3) is 0 Å². The second kappa shape index (κ2) is 5.92. The Morgan fingerprint density at radius 2 is 1.90 bits per heavy atom. The summed E-state index contributed by atoms with van der Waals surface area (Å²) in [7, 11) is 0. The van der Waals surface area contributed by atoms with Gasteiger partial charge in [0.05, 0.1) is 4.47 Å². The summed E-state index contributed by atoms with van der Waals surface area (Å²) in [6, 6.07) is 8.27. The van der Waals surface area contributed by atoms with Crippen molar-refractivity contribution in [3.63, 3.8) is 0 Å². The molecule has 0 radical (unpaired) electrons. The van der Waals surface area contributed by atoms with Crippen molar-refractivity contribution < 1.29 is 24.1 Å². The van der Waals surface area contributed by atoms with Crippen LogP contribution in [-0.4, -0.2) is 16.2 Å². The summed E-state index contributed by atoms with van der Waals surface area (Å²) in [5.41, 5.74) is 0.533. The van der Waals surface area contributed by atoms with Gasteiger partial charge in [-0.05, 0) is 39.7 Å². The normalized spacial score (nSPS) is 10.3. The number of carbonyl (C=O) groups is 1. The summed E-state index contributed by atoms with van der Waals surface area (Å²) in [5.74, 6) is -1.64. The summed E-state index contributed by atoms with van der Waals surface area (Å²) in [4.78, 5) is 10.8. The third-order valence-electron chi connectivity index (χ3n) is 2.59. The van der Waals surface area contributed by atoms with E-state index in [4.69, 9.17) is 9.84 Å². The van der Waals surface area contributed by atoms with Crippen LogP contribution in [0.3, 0.4) is 0 Å². The van der Waals surface area contributed by atoms with Crippen molar-refractivity contribution in [2.75, 3.05) is 0 Å². The van der Waals surface area contributed by atoms with Gasteiger partial charge in [-0.1, -0.05) is 12.1 Å². The number of aromatic carboxylic acids is 1. The second-order valence-corrected chi connectivity index (χ2v) is 4.87. The average Bonchev–Trinajstić information content (AvgIpc) is 2.41. The molecule has 2 rings (SSSR count). The molecule has 0 saturated carbocycles. The van der Waals surface area contributed by atoms with Crippen LogP contribution in [0.4, 0.5) is 4.39 Å². The molecule has 0 fully saturated rings. The molecule has 0 aromatic heterocycles. The number of carboxylic acids is 1. The van der Waals surface area contributed by atoms with Gasteiger partial charge in [0.15, 0.2) is 0 Å². The quantitative estimate of drug-likeness (QED) is 0.892. The van der Waals surface area contributed by atoms with E-state index in [-0.39, 0.29) is 23.7 Å². The molecule has 0 amide bonds. The molecule has 4 nitrogen and oxygen atoms in total. The van der Waals surface area contributed by atoms with Crippen molar-refractivity contribution in [2.45, 2.75) is 6.61 Å². The highest BCUT2D eigenvalue weighted by molar-refractivity contribution is 9.10. The zero-order valence-electron chi connectivity index (χ0n) is 10.1. The number of hydrogen-bond acceptors (Lipinski definition) is 3. The van der Waals surface area contributed by atoms with Crippen LogP contribution in [0, 0.1) is 5.82 Å². The fourth-order valence-electron chi connectivity index (χ4n) is 1.57. The summed E-state index contributed by atoms with van der Waals surface area (Å²) >= 11 is 3.18. The van der Waals surface area contributed by atoms with E-state index in [0.29, 0.717) is 10.2 Å². The molecule has 2 N–H and O–H groups in total. The molecular formula is C14H10BrFO4. The van der Waals surface area contributed by atoms with E-state index in [9.17, 15) is 14.3 Å². The zero-order chi connectivity index (χ0) is 14.7. The lowest BCUT2D eigenvalue weighted by atomic mass is 10.2. The van der Waals surface area contributed by atoms with Crippen molar-refractivity contribution in [1.29, 1.82) is 0 Å². The van der Waals surface area contributed by atoms with Crippen LogP contribution in [0.5, 0.6) is 11.5 Å². The van der Waals surface area contributed by atoms with Gasteiger partial charge in [0.1, 0.15) is 29.5 Å². The van der Waals surface area contributed by atoms with Crippen molar-refractivity contribution >= 4 is 21.9 Å². The van der Waals surface area contributed by atoms with Gasteiger partial charge in [0, 0.05) is 6.07 Å². The maximum Gasteiger partial charge on any atom is 0.339 e. The first-order chi connectivity index (χ1) is 9.47. The number of ether oxygens (including phenoxy) is 1. The first-order valence-corrected chi connectivity index (χ1v) is 6.39. The Morgan fingerprint density at radius 3 is 2.50 bits per heavy atom. The minimum atomic E-state index is -1.23. The Labute approximate surface area is 122 Å². The van der Waals surface area contributed by atoms with Crippen LogP contribution in [0.2, 0.25) is 0 Å². The number of rotatable bonds is 4. The van der Waals surface area contributed by atoms with Crippen molar-refractivity contribution in [1.82, 2.24) is 0 Å². The summed E-state index contributed by atoms with van der Waals surface area (Å²) in [6.07, 6.45) is 0. The second-order valence-electron chi connectivity index (χ2n) is 4.02. The molecule has 0 saturated heterocycles. The molecule has 0 aliphatic rings. The standard InChI is InChI=1S/C14H10BrFO4/c15-11-5-10(14(18)19)12(17)6-13(11)20-7-8-1-3-9(16)4-2-8/h1-6,17H,7H2,(H,18,19). The first kappa shape index (κ1) is 14.3. The first-order valence-electron chi connectivity index (χ1n) is 5.60. The topological polar surface area (TPSA) is 66.8 Å². The SMILES string of the molecule is O=C(O)c1cc(Br)c(OCc2ccc(F)cc2)cc1O. The van der Waals surface area contributed by atoms with Crippen LogP contribution in [0.25, 0.3) is 0 Å². The van der Waals surface area contributed by atoms with Gasteiger partial charge < -0.3 is 14.9 Å². The molecule has 0 heterocycles. The molecule has 0 aliphatic carbocycles. The van der Waals surface area contributed by atoms with Gasteiger partial charge >= 0.3 is 5.97 Å². The van der Waals surface area contributed by atoms with Crippen LogP contribution in [-0.2, 0) is 6.61 Å². The number of halogens is 2. The maximum atomic E-state index is 12.8. The van der Waals surface area contributed by atoms with Crippen LogP contribution >= 0.6 is 15.9 Å². The minimum absolute atomic E-state index is 0.171. The molecule has 2 aromatic carbocycles. The summed E-state index contributed by atoms with van der Waals surface area (Å²) < 4.78 is 18.6. The van der Waals surface area contributed by atoms with Gasteiger partial charge in [-0.2, -0.15) is 0 Å². The third kappa shape index (κ3) is 3.27. The lowest BCUT2D eigenvalue weighted by molar-refractivity contribution is 0.0693. The molecule has 0 spiro atoms. The Kier molecular flexibility index (Phi) is 4.24. The minimum Gasteiger partial charge on any atom is -0.507 e. The highest BCUT2D eigenvalue weighted by Gasteiger charge is 2.14. The predicted molar refractivity (Wildman–Crippen MR) is 73.5 cm³/mol. The number of carboxylic acid groups (broad SMARTS) is 1.